The third kappa shape index (κ3) is 3.90. The summed E-state index contributed by atoms with van der Waals surface area (Å²) in [6.07, 6.45) is 2.35. The van der Waals surface area contributed by atoms with Crippen molar-refractivity contribution >= 4 is 16.8 Å². The largest absolute Gasteiger partial charge is 0.490 e. The Labute approximate surface area is 188 Å². The van der Waals surface area contributed by atoms with Gasteiger partial charge in [0, 0.05) is 48.7 Å². The van der Waals surface area contributed by atoms with Crippen LogP contribution >= 0.6 is 0 Å². The quantitative estimate of drug-likeness (QED) is 0.593. The van der Waals surface area contributed by atoms with Crippen LogP contribution in [0.5, 0.6) is 5.75 Å². The summed E-state index contributed by atoms with van der Waals surface area (Å²) in [6, 6.07) is 10.9. The van der Waals surface area contributed by atoms with Crippen LogP contribution in [-0.2, 0) is 6.54 Å². The predicted octanol–water partition coefficient (Wildman–Crippen LogP) is 4.41. The fraction of sp³-hybridized carbons (Fsp3) is 0.520. The van der Waals surface area contributed by atoms with Crippen molar-refractivity contribution in [2.45, 2.75) is 65.3 Å². The van der Waals surface area contributed by atoms with Gasteiger partial charge in [0.05, 0.1) is 6.54 Å². The minimum atomic E-state index is 0.0310. The highest BCUT2D eigenvalue weighted by Crippen LogP contribution is 2.33. The smallest absolute Gasteiger partial charge is 0.270 e. The summed E-state index contributed by atoms with van der Waals surface area (Å²) in [5, 5.41) is 5.11. The van der Waals surface area contributed by atoms with E-state index in [0.29, 0.717) is 19.1 Å². The highest BCUT2D eigenvalue weighted by molar-refractivity contribution is 6.00. The molecule has 1 saturated heterocycles. The number of hydrogen-bond donors (Lipinski definition) is 0. The Morgan fingerprint density at radius 2 is 1.97 bits per heavy atom. The number of likely N-dealkylation sites (tertiary alicyclic amines) is 1. The fourth-order valence-corrected chi connectivity index (χ4v) is 5.10. The van der Waals surface area contributed by atoms with E-state index in [9.17, 15) is 4.79 Å². The molecule has 2 aromatic heterocycles. The van der Waals surface area contributed by atoms with Crippen LogP contribution in [0.1, 0.15) is 61.6 Å². The molecule has 7 nitrogen and oxygen atoms in total. The van der Waals surface area contributed by atoms with Crippen molar-refractivity contribution in [3.8, 4) is 5.75 Å². The minimum Gasteiger partial charge on any atom is -0.490 e. The molecule has 0 bridgehead atoms. The average molecular weight is 437 g/mol. The standard InChI is InChI=1S/C25H32N4O3/c1-16(2)27-9-7-21(8-10-27)31-22-5-6-23-19(12-22)13-24-25(30)28(14-17(3)29(23)24)15-20-11-18(4)32-26-20/h5-6,11-13,16-17,21H,7-10,14-15H2,1-4H3/t17-/m1/s1. The molecule has 0 saturated carbocycles. The number of carbonyl (C=O) groups is 1. The van der Waals surface area contributed by atoms with E-state index < -0.39 is 0 Å². The van der Waals surface area contributed by atoms with Crippen molar-refractivity contribution in [2.75, 3.05) is 19.6 Å². The first kappa shape index (κ1) is 21.1. The van der Waals surface area contributed by atoms with Gasteiger partial charge in [-0.05, 0) is 64.8 Å². The zero-order valence-corrected chi connectivity index (χ0v) is 19.4. The van der Waals surface area contributed by atoms with E-state index in [0.717, 1.165) is 59.7 Å². The van der Waals surface area contributed by atoms with Crippen molar-refractivity contribution in [2.24, 2.45) is 0 Å². The third-order valence-corrected chi connectivity index (χ3v) is 6.78. The van der Waals surface area contributed by atoms with Gasteiger partial charge >= 0.3 is 0 Å². The number of carbonyl (C=O) groups excluding carboxylic acids is 1. The molecule has 1 fully saturated rings. The molecule has 2 aliphatic rings. The van der Waals surface area contributed by atoms with E-state index in [1.54, 1.807) is 0 Å². The van der Waals surface area contributed by atoms with Crippen LogP contribution in [0.3, 0.4) is 0 Å². The van der Waals surface area contributed by atoms with E-state index in [4.69, 9.17) is 9.26 Å². The molecule has 7 heteroatoms. The molecule has 4 heterocycles. The van der Waals surface area contributed by atoms with E-state index in [2.05, 4.69) is 47.5 Å². The maximum atomic E-state index is 13.2. The Bertz CT molecular complexity index is 1120. The van der Waals surface area contributed by atoms with E-state index in [1.165, 1.54) is 0 Å². The highest BCUT2D eigenvalue weighted by Gasteiger charge is 2.31. The first-order valence-corrected chi connectivity index (χ1v) is 11.7. The Balaban J connectivity index is 1.35. The van der Waals surface area contributed by atoms with Crippen molar-refractivity contribution in [1.29, 1.82) is 0 Å². The summed E-state index contributed by atoms with van der Waals surface area (Å²) in [4.78, 5) is 17.6. The summed E-state index contributed by atoms with van der Waals surface area (Å²) in [7, 11) is 0. The highest BCUT2D eigenvalue weighted by atomic mass is 16.5. The Hall–Kier alpha value is -2.80. The van der Waals surface area contributed by atoms with Gasteiger partial charge in [-0.15, -0.1) is 0 Å². The van der Waals surface area contributed by atoms with Crippen LogP contribution in [-0.4, -0.2) is 57.2 Å². The second-order valence-electron chi connectivity index (χ2n) is 9.53. The van der Waals surface area contributed by atoms with Crippen LogP contribution in [0.15, 0.2) is 34.9 Å². The number of piperidine rings is 1. The summed E-state index contributed by atoms with van der Waals surface area (Å²) < 4.78 is 13.7. The normalized spacial score (nSPS) is 20.3. The second-order valence-corrected chi connectivity index (χ2v) is 9.53. The number of hydrogen-bond acceptors (Lipinski definition) is 5. The molecular weight excluding hydrogens is 404 g/mol. The molecular formula is C25H32N4O3. The Morgan fingerprint density at radius 1 is 1.19 bits per heavy atom. The summed E-state index contributed by atoms with van der Waals surface area (Å²) in [6.45, 7) is 11.8. The maximum absolute atomic E-state index is 13.2. The number of benzene rings is 1. The van der Waals surface area contributed by atoms with Crippen molar-refractivity contribution < 1.29 is 14.1 Å². The van der Waals surface area contributed by atoms with Crippen molar-refractivity contribution in [3.63, 3.8) is 0 Å². The molecule has 1 atom stereocenters. The first-order valence-electron chi connectivity index (χ1n) is 11.7. The van der Waals surface area contributed by atoms with Gasteiger partial charge in [-0.2, -0.15) is 0 Å². The van der Waals surface area contributed by atoms with Crippen LogP contribution in [0.4, 0.5) is 0 Å². The van der Waals surface area contributed by atoms with Crippen molar-refractivity contribution in [1.82, 2.24) is 19.5 Å². The average Bonchev–Trinajstić information content (AvgIpc) is 3.35. The number of fused-ring (bicyclic) bond motifs is 3. The Kier molecular flexibility index (Phi) is 5.45. The monoisotopic (exact) mass is 436 g/mol. The van der Waals surface area contributed by atoms with Gasteiger partial charge in [-0.3, -0.25) is 4.79 Å². The zero-order chi connectivity index (χ0) is 22.4. The van der Waals surface area contributed by atoms with Gasteiger partial charge in [0.1, 0.15) is 29.0 Å². The lowest BCUT2D eigenvalue weighted by atomic mass is 10.1. The van der Waals surface area contributed by atoms with Crippen molar-refractivity contribution in [3.05, 3.63) is 47.5 Å². The van der Waals surface area contributed by atoms with E-state index in [-0.39, 0.29) is 18.1 Å². The molecule has 170 valence electrons. The van der Waals surface area contributed by atoms with Crippen LogP contribution in [0.25, 0.3) is 10.9 Å². The molecule has 5 rings (SSSR count). The van der Waals surface area contributed by atoms with Gasteiger partial charge < -0.3 is 23.6 Å². The van der Waals surface area contributed by atoms with Gasteiger partial charge in [0.15, 0.2) is 0 Å². The third-order valence-electron chi connectivity index (χ3n) is 6.78. The number of ether oxygens (including phenoxy) is 1. The minimum absolute atomic E-state index is 0.0310. The number of amides is 1. The Morgan fingerprint density at radius 3 is 2.66 bits per heavy atom. The topological polar surface area (TPSA) is 63.7 Å². The summed E-state index contributed by atoms with van der Waals surface area (Å²) in [5.74, 6) is 1.68. The second kappa shape index (κ2) is 8.28. The number of nitrogens with zero attached hydrogens (tertiary/aromatic N) is 4. The molecule has 3 aromatic rings. The molecule has 0 unspecified atom stereocenters. The molecule has 0 radical (unpaired) electrons. The molecule has 2 aliphatic heterocycles. The lowest BCUT2D eigenvalue weighted by Gasteiger charge is -2.34. The molecule has 1 aromatic carbocycles. The lowest BCUT2D eigenvalue weighted by molar-refractivity contribution is 0.0660. The summed E-state index contributed by atoms with van der Waals surface area (Å²) in [5.41, 5.74) is 2.59. The summed E-state index contributed by atoms with van der Waals surface area (Å²) >= 11 is 0. The SMILES string of the molecule is Cc1cc(CN2C[C@@H](C)n3c(cc4cc(OC5CCN(C(C)C)CC5)ccc43)C2=O)no1. The maximum Gasteiger partial charge on any atom is 0.270 e. The predicted molar refractivity (Wildman–Crippen MR) is 123 cm³/mol. The number of aryl methyl sites for hydroxylation is 1. The van der Waals surface area contributed by atoms with E-state index in [1.807, 2.05) is 30.0 Å². The molecule has 0 spiro atoms. The van der Waals surface area contributed by atoms with Gasteiger partial charge in [-0.25, -0.2) is 0 Å². The molecule has 32 heavy (non-hydrogen) atoms. The number of rotatable bonds is 5. The van der Waals surface area contributed by atoms with Gasteiger partial charge in [-0.1, -0.05) is 5.16 Å². The molecule has 0 aliphatic carbocycles. The van der Waals surface area contributed by atoms with Gasteiger partial charge in [0.25, 0.3) is 5.91 Å². The number of aromatic nitrogens is 2. The molecule has 1 amide bonds. The van der Waals surface area contributed by atoms with Crippen LogP contribution < -0.4 is 4.74 Å². The zero-order valence-electron chi connectivity index (χ0n) is 19.4. The lowest BCUT2D eigenvalue weighted by Crippen LogP contribution is -2.41. The van der Waals surface area contributed by atoms with Crippen LogP contribution in [0.2, 0.25) is 0 Å². The fourth-order valence-electron chi connectivity index (χ4n) is 5.10. The van der Waals surface area contributed by atoms with Gasteiger partial charge in [0.2, 0.25) is 0 Å². The van der Waals surface area contributed by atoms with E-state index >= 15 is 0 Å². The van der Waals surface area contributed by atoms with Crippen LogP contribution in [0, 0.1) is 6.92 Å². The first-order chi connectivity index (χ1) is 15.4. The molecule has 0 N–H and O–H groups in total.